The molecule has 0 saturated heterocycles. The first-order valence-electron chi connectivity index (χ1n) is 18.3. The van der Waals surface area contributed by atoms with Gasteiger partial charge in [0.2, 0.25) is 23.4 Å². The molecular weight excluding hydrogens is 764 g/mol. The van der Waals surface area contributed by atoms with Gasteiger partial charge >= 0.3 is 24.1 Å². The van der Waals surface area contributed by atoms with E-state index in [9.17, 15) is 48.6 Å². The van der Waals surface area contributed by atoms with Crippen molar-refractivity contribution in [2.75, 3.05) is 36.8 Å². The van der Waals surface area contributed by atoms with Gasteiger partial charge in [-0.05, 0) is 78.6 Å². The highest BCUT2D eigenvalue weighted by Gasteiger charge is 2.38. The molecule has 0 saturated carbocycles. The molecule has 58 heavy (non-hydrogen) atoms. The standard InChI is InChI=1S/C38H50N6O14/c1-37(2,3)57-35(55)43-21(9-13-25(47)48)33(53)41-17-15-39-19-7-8-20(28-27(19)31(51)29-23(45)11-12-24(46)30(29)32(28)52)40-16-18-42-34(54)22(10-14-26(49)50)44-36(56)58-38(4,5)6/h7-8,11-12,21-22,39-40,45-46H,9-10,13-18H2,1-6H3,(H,41,53)(H,42,54)(H,43,55)(H,44,56)(H,47,48)(H,49,50)/t21-,22+. The van der Waals surface area contributed by atoms with Gasteiger partial charge in [-0.2, -0.15) is 0 Å². The molecule has 0 spiro atoms. The Labute approximate surface area is 333 Å². The van der Waals surface area contributed by atoms with Crippen molar-refractivity contribution in [2.24, 2.45) is 0 Å². The Hall–Kier alpha value is -6.60. The van der Waals surface area contributed by atoms with Crippen molar-refractivity contribution in [1.29, 1.82) is 0 Å². The first-order valence-corrected chi connectivity index (χ1v) is 18.3. The molecule has 0 heterocycles. The van der Waals surface area contributed by atoms with Crippen LogP contribution in [0.1, 0.15) is 99.1 Å². The number of aromatic hydroxyl groups is 2. The van der Waals surface area contributed by atoms with E-state index in [2.05, 4.69) is 31.9 Å². The molecule has 1 aliphatic carbocycles. The molecule has 0 unspecified atom stereocenters. The lowest BCUT2D eigenvalue weighted by molar-refractivity contribution is -0.138. The van der Waals surface area contributed by atoms with Crippen LogP contribution in [0.5, 0.6) is 11.5 Å². The molecule has 0 fully saturated rings. The Balaban J connectivity index is 1.79. The van der Waals surface area contributed by atoms with E-state index in [1.54, 1.807) is 41.5 Å². The summed E-state index contributed by atoms with van der Waals surface area (Å²) in [5.74, 6) is -6.54. The van der Waals surface area contributed by atoms with Crippen LogP contribution < -0.4 is 31.9 Å². The van der Waals surface area contributed by atoms with Crippen molar-refractivity contribution in [3.05, 3.63) is 46.5 Å². The van der Waals surface area contributed by atoms with Crippen LogP contribution in [0.2, 0.25) is 0 Å². The van der Waals surface area contributed by atoms with Crippen molar-refractivity contribution in [1.82, 2.24) is 21.3 Å². The summed E-state index contributed by atoms with van der Waals surface area (Å²) in [6, 6.07) is 2.51. The number of nitrogens with one attached hydrogen (secondary N) is 6. The average Bonchev–Trinajstić information content (AvgIpc) is 3.10. The number of benzene rings is 2. The number of amides is 4. The molecule has 0 bridgehead atoms. The SMILES string of the molecule is CC(C)(C)OC(=O)N[C@@H](CCC(=O)O)C(=O)NCCNc1ccc(NCCNC(=O)[C@@H](CCC(=O)O)NC(=O)OC(C)(C)C)c2c1C(=O)c1c(O)ccc(O)c1C2=O. The largest absolute Gasteiger partial charge is 0.507 e. The van der Waals surface area contributed by atoms with Crippen molar-refractivity contribution in [3.63, 3.8) is 0 Å². The minimum atomic E-state index is -1.25. The molecule has 0 radical (unpaired) electrons. The van der Waals surface area contributed by atoms with Crippen LogP contribution in [0, 0.1) is 0 Å². The maximum atomic E-state index is 13.9. The Morgan fingerprint density at radius 1 is 0.569 bits per heavy atom. The molecule has 4 amide bonds. The van der Waals surface area contributed by atoms with Crippen LogP contribution in [-0.2, 0) is 28.7 Å². The number of carboxylic acid groups (broad SMARTS) is 2. The summed E-state index contributed by atoms with van der Waals surface area (Å²) in [5, 5.41) is 55.2. The molecule has 0 aliphatic heterocycles. The molecule has 316 valence electrons. The van der Waals surface area contributed by atoms with Crippen LogP contribution in [0.3, 0.4) is 0 Å². The number of ether oxygens (including phenoxy) is 2. The van der Waals surface area contributed by atoms with E-state index in [1.807, 2.05) is 0 Å². The van der Waals surface area contributed by atoms with E-state index in [0.717, 1.165) is 12.1 Å². The number of hydrogen-bond acceptors (Lipinski definition) is 14. The van der Waals surface area contributed by atoms with Crippen molar-refractivity contribution < 1.29 is 68.3 Å². The summed E-state index contributed by atoms with van der Waals surface area (Å²) < 4.78 is 10.4. The molecule has 0 aromatic heterocycles. The number of carbonyl (C=O) groups is 8. The summed E-state index contributed by atoms with van der Waals surface area (Å²) in [4.78, 5) is 101. The predicted molar refractivity (Wildman–Crippen MR) is 206 cm³/mol. The fourth-order valence-electron chi connectivity index (χ4n) is 5.64. The minimum Gasteiger partial charge on any atom is -0.507 e. The van der Waals surface area contributed by atoms with Crippen molar-refractivity contribution in [2.45, 2.75) is 90.5 Å². The predicted octanol–water partition coefficient (Wildman–Crippen LogP) is 2.45. The van der Waals surface area contributed by atoms with Gasteiger partial charge in [0, 0.05) is 50.4 Å². The number of fused-ring (bicyclic) bond motifs is 2. The number of alkyl carbamates (subject to hydrolysis) is 2. The van der Waals surface area contributed by atoms with Gasteiger partial charge < -0.3 is 61.8 Å². The highest BCUT2D eigenvalue weighted by molar-refractivity contribution is 6.33. The number of rotatable bonds is 18. The van der Waals surface area contributed by atoms with Gasteiger partial charge in [0.25, 0.3) is 0 Å². The molecule has 10 N–H and O–H groups in total. The molecule has 2 aromatic carbocycles. The van der Waals surface area contributed by atoms with E-state index in [-0.39, 0.29) is 61.5 Å². The number of phenols is 2. The van der Waals surface area contributed by atoms with Gasteiger partial charge in [-0.3, -0.25) is 28.8 Å². The van der Waals surface area contributed by atoms with Crippen molar-refractivity contribution >= 4 is 58.9 Å². The van der Waals surface area contributed by atoms with E-state index in [1.165, 1.54) is 12.1 Å². The first-order chi connectivity index (χ1) is 27.0. The molecule has 2 atom stereocenters. The topological polar surface area (TPSA) is 308 Å². The van der Waals surface area contributed by atoms with Gasteiger partial charge in [0.1, 0.15) is 34.8 Å². The van der Waals surface area contributed by atoms with Crippen LogP contribution >= 0.6 is 0 Å². The zero-order valence-electron chi connectivity index (χ0n) is 33.0. The minimum absolute atomic E-state index is 0.0458. The lowest BCUT2D eigenvalue weighted by Gasteiger charge is -2.25. The first kappa shape index (κ1) is 45.8. The number of carbonyl (C=O) groups excluding carboxylic acids is 6. The zero-order chi connectivity index (χ0) is 43.5. The Kier molecular flexibility index (Phi) is 15.4. The average molecular weight is 815 g/mol. The summed E-state index contributed by atoms with van der Waals surface area (Å²) in [6.07, 6.45) is -3.17. The fourth-order valence-corrected chi connectivity index (χ4v) is 5.64. The zero-order valence-corrected chi connectivity index (χ0v) is 33.0. The van der Waals surface area contributed by atoms with Gasteiger partial charge in [0.05, 0.1) is 22.3 Å². The van der Waals surface area contributed by atoms with Gasteiger partial charge in [-0.1, -0.05) is 0 Å². The molecule has 3 rings (SSSR count). The van der Waals surface area contributed by atoms with E-state index >= 15 is 0 Å². The van der Waals surface area contributed by atoms with Crippen LogP contribution in [0.4, 0.5) is 21.0 Å². The van der Waals surface area contributed by atoms with E-state index in [0.29, 0.717) is 0 Å². The molecular formula is C38H50N6O14. The summed E-state index contributed by atoms with van der Waals surface area (Å²) in [7, 11) is 0. The second kappa shape index (κ2) is 19.5. The lowest BCUT2D eigenvalue weighted by atomic mass is 9.81. The molecule has 20 nitrogen and oxygen atoms in total. The Bertz CT molecular complexity index is 1800. The Morgan fingerprint density at radius 3 is 1.22 bits per heavy atom. The Morgan fingerprint density at radius 2 is 0.914 bits per heavy atom. The number of anilines is 2. The molecule has 1 aliphatic rings. The van der Waals surface area contributed by atoms with Gasteiger partial charge in [-0.25, -0.2) is 9.59 Å². The summed E-state index contributed by atoms with van der Waals surface area (Å²) in [6.45, 7) is 9.40. The van der Waals surface area contributed by atoms with Crippen LogP contribution in [0.25, 0.3) is 0 Å². The molecule has 20 heteroatoms. The number of hydrogen-bond donors (Lipinski definition) is 10. The highest BCUT2D eigenvalue weighted by Crippen LogP contribution is 2.42. The second-order valence-corrected chi connectivity index (χ2v) is 15.1. The van der Waals surface area contributed by atoms with Crippen LogP contribution in [0.15, 0.2) is 24.3 Å². The monoisotopic (exact) mass is 814 g/mol. The summed E-state index contributed by atoms with van der Waals surface area (Å²) >= 11 is 0. The van der Waals surface area contributed by atoms with Crippen LogP contribution in [-0.4, -0.2) is 117 Å². The fraction of sp³-hybridized carbons (Fsp3) is 0.474. The number of aliphatic carboxylic acids is 2. The number of phenolic OH excluding ortho intramolecular Hbond substituents is 2. The summed E-state index contributed by atoms with van der Waals surface area (Å²) in [5.41, 5.74) is -2.77. The normalized spacial score (nSPS) is 13.1. The van der Waals surface area contributed by atoms with Gasteiger partial charge in [-0.15, -0.1) is 0 Å². The third-order valence-corrected chi connectivity index (χ3v) is 8.06. The third-order valence-electron chi connectivity index (χ3n) is 8.06. The number of carboxylic acids is 2. The quantitative estimate of drug-likeness (QED) is 0.0651. The highest BCUT2D eigenvalue weighted by atomic mass is 16.6. The smallest absolute Gasteiger partial charge is 0.408 e. The van der Waals surface area contributed by atoms with Crippen molar-refractivity contribution in [3.8, 4) is 11.5 Å². The van der Waals surface area contributed by atoms with Gasteiger partial charge in [0.15, 0.2) is 0 Å². The second-order valence-electron chi connectivity index (χ2n) is 15.1. The number of ketones is 2. The maximum absolute atomic E-state index is 13.9. The molecule has 2 aromatic rings. The lowest BCUT2D eigenvalue weighted by Crippen LogP contribution is -2.49. The van der Waals surface area contributed by atoms with E-state index < -0.39 is 106 Å². The maximum Gasteiger partial charge on any atom is 0.408 e. The van der Waals surface area contributed by atoms with E-state index in [4.69, 9.17) is 19.7 Å². The third kappa shape index (κ3) is 13.3.